The van der Waals surface area contributed by atoms with Crippen LogP contribution in [0.1, 0.15) is 43.5 Å². The van der Waals surface area contributed by atoms with E-state index in [9.17, 15) is 22.8 Å². The van der Waals surface area contributed by atoms with Crippen molar-refractivity contribution in [1.82, 2.24) is 9.47 Å². The lowest BCUT2D eigenvalue weighted by Gasteiger charge is -2.37. The molecule has 28 heavy (non-hydrogen) atoms. The Morgan fingerprint density at radius 2 is 2.00 bits per heavy atom. The first kappa shape index (κ1) is 18.6. The number of nitrogens with zero attached hydrogens (tertiary/aromatic N) is 3. The van der Waals surface area contributed by atoms with Gasteiger partial charge in [0.1, 0.15) is 17.9 Å². The van der Waals surface area contributed by atoms with E-state index in [0.29, 0.717) is 27.9 Å². The summed E-state index contributed by atoms with van der Waals surface area (Å²) in [5, 5.41) is 10.4. The second kappa shape index (κ2) is 6.69. The van der Waals surface area contributed by atoms with E-state index in [1.54, 1.807) is 24.3 Å². The molecule has 3 nitrogen and oxygen atoms in total. The Kier molecular flexibility index (Phi) is 4.45. The van der Waals surface area contributed by atoms with Crippen LogP contribution >= 0.6 is 0 Å². The zero-order chi connectivity index (χ0) is 20.1. The molecule has 0 radical (unpaired) electrons. The van der Waals surface area contributed by atoms with Crippen LogP contribution in [-0.4, -0.2) is 28.2 Å². The van der Waals surface area contributed by atoms with Gasteiger partial charge in [-0.15, -0.1) is 0 Å². The number of hydrogen-bond donors (Lipinski definition) is 0. The van der Waals surface area contributed by atoms with E-state index in [1.165, 1.54) is 17.0 Å². The summed E-state index contributed by atoms with van der Waals surface area (Å²) in [6.07, 6.45) is 3.30. The minimum atomic E-state index is -4.41. The number of fused-ring (bicyclic) bond motifs is 1. The van der Waals surface area contributed by atoms with Gasteiger partial charge in [0, 0.05) is 18.0 Å². The lowest BCUT2D eigenvalue weighted by atomic mass is 9.92. The summed E-state index contributed by atoms with van der Waals surface area (Å²) in [6, 6.07) is 4.70. The average Bonchev–Trinajstić information content (AvgIpc) is 2.92. The Labute approximate surface area is 160 Å². The summed E-state index contributed by atoms with van der Waals surface area (Å²) in [7, 11) is 0. The van der Waals surface area contributed by atoms with Crippen molar-refractivity contribution in [3.63, 3.8) is 0 Å². The Balaban J connectivity index is 1.98. The van der Waals surface area contributed by atoms with Crippen molar-refractivity contribution in [3.8, 4) is 6.07 Å². The second-order valence-electron chi connectivity index (χ2n) is 7.30. The van der Waals surface area contributed by atoms with Gasteiger partial charge in [0.2, 0.25) is 0 Å². The van der Waals surface area contributed by atoms with Gasteiger partial charge < -0.3 is 9.47 Å². The van der Waals surface area contributed by atoms with Crippen LogP contribution in [-0.2, 0) is 0 Å². The molecular formula is C21H19F4N3. The van der Waals surface area contributed by atoms with Crippen molar-refractivity contribution in [2.24, 2.45) is 0 Å². The number of nitriles is 1. The molecule has 1 atom stereocenters. The maximum atomic E-state index is 14.0. The minimum absolute atomic E-state index is 0.0521. The smallest absolute Gasteiger partial charge is 0.354 e. The van der Waals surface area contributed by atoms with Crippen LogP contribution in [0.25, 0.3) is 16.6 Å². The number of halogens is 4. The van der Waals surface area contributed by atoms with Crippen molar-refractivity contribution >= 4 is 16.6 Å². The number of alkyl halides is 3. The van der Waals surface area contributed by atoms with Gasteiger partial charge in [0.05, 0.1) is 22.5 Å². The Hall–Kier alpha value is -2.75. The van der Waals surface area contributed by atoms with Crippen molar-refractivity contribution in [3.05, 3.63) is 53.5 Å². The highest BCUT2D eigenvalue weighted by atomic mass is 19.4. The summed E-state index contributed by atoms with van der Waals surface area (Å²) in [4.78, 5) is 1.26. The summed E-state index contributed by atoms with van der Waals surface area (Å²) < 4.78 is 56.3. The maximum absolute atomic E-state index is 14.0. The van der Waals surface area contributed by atoms with Crippen LogP contribution in [0.5, 0.6) is 0 Å². The van der Waals surface area contributed by atoms with Gasteiger partial charge in [-0.25, -0.2) is 4.39 Å². The monoisotopic (exact) mass is 389 g/mol. The molecule has 1 aromatic heterocycles. The van der Waals surface area contributed by atoms with Gasteiger partial charge in [-0.2, -0.15) is 18.4 Å². The van der Waals surface area contributed by atoms with E-state index >= 15 is 0 Å². The molecule has 0 N–H and O–H groups in total. The summed E-state index contributed by atoms with van der Waals surface area (Å²) in [6.45, 7) is 1.22. The molecule has 1 aliphatic carbocycles. The van der Waals surface area contributed by atoms with E-state index in [0.717, 1.165) is 26.2 Å². The lowest BCUT2D eigenvalue weighted by Crippen LogP contribution is -2.43. The highest BCUT2D eigenvalue weighted by Crippen LogP contribution is 2.43. The maximum Gasteiger partial charge on any atom is 0.408 e. The molecular weight excluding hydrogens is 370 g/mol. The van der Waals surface area contributed by atoms with Crippen LogP contribution < -0.4 is 0 Å². The van der Waals surface area contributed by atoms with E-state index in [-0.39, 0.29) is 12.6 Å². The molecule has 146 valence electrons. The van der Waals surface area contributed by atoms with Gasteiger partial charge in [0.25, 0.3) is 0 Å². The number of rotatable bonds is 3. The molecule has 1 aromatic carbocycles. The molecule has 1 saturated carbocycles. The third kappa shape index (κ3) is 2.88. The fraction of sp³-hybridized carbons (Fsp3) is 0.381. The van der Waals surface area contributed by atoms with E-state index in [4.69, 9.17) is 0 Å². The Bertz CT molecular complexity index is 1020. The van der Waals surface area contributed by atoms with Gasteiger partial charge in [0.15, 0.2) is 0 Å². The summed E-state index contributed by atoms with van der Waals surface area (Å²) in [5.74, 6) is -0.431. The van der Waals surface area contributed by atoms with Gasteiger partial charge in [-0.3, -0.25) is 0 Å². The van der Waals surface area contributed by atoms with E-state index < -0.39 is 18.0 Å². The molecule has 2 aromatic rings. The molecule has 0 amide bonds. The zero-order valence-corrected chi connectivity index (χ0v) is 15.3. The van der Waals surface area contributed by atoms with Gasteiger partial charge in [-0.05, 0) is 50.5 Å². The van der Waals surface area contributed by atoms with Crippen molar-refractivity contribution in [2.45, 2.75) is 44.4 Å². The Morgan fingerprint density at radius 3 is 2.61 bits per heavy atom. The first-order valence-corrected chi connectivity index (χ1v) is 9.27. The fourth-order valence-corrected chi connectivity index (χ4v) is 3.96. The topological polar surface area (TPSA) is 32.0 Å². The molecule has 1 fully saturated rings. The predicted octanol–water partition coefficient (Wildman–Crippen LogP) is 5.54. The van der Waals surface area contributed by atoms with Crippen LogP contribution in [0, 0.1) is 17.1 Å². The molecule has 1 aliphatic heterocycles. The minimum Gasteiger partial charge on any atom is -0.354 e. The Morgan fingerprint density at radius 1 is 1.25 bits per heavy atom. The third-order valence-corrected chi connectivity index (χ3v) is 5.70. The number of allylic oxidation sites excluding steroid dienone is 2. The second-order valence-corrected chi connectivity index (χ2v) is 7.30. The van der Waals surface area contributed by atoms with Crippen molar-refractivity contribution in [2.75, 3.05) is 6.54 Å². The fourth-order valence-electron chi connectivity index (χ4n) is 3.96. The van der Waals surface area contributed by atoms with Gasteiger partial charge in [-0.1, -0.05) is 12.2 Å². The zero-order valence-electron chi connectivity index (χ0n) is 15.3. The van der Waals surface area contributed by atoms with Crippen molar-refractivity contribution in [1.29, 1.82) is 5.26 Å². The van der Waals surface area contributed by atoms with Crippen molar-refractivity contribution < 1.29 is 17.6 Å². The highest BCUT2D eigenvalue weighted by Gasteiger charge is 2.42. The average molecular weight is 389 g/mol. The molecule has 0 unspecified atom stereocenters. The molecule has 2 aliphatic rings. The lowest BCUT2D eigenvalue weighted by molar-refractivity contribution is -0.169. The number of hydrogen-bond acceptors (Lipinski definition) is 2. The highest BCUT2D eigenvalue weighted by molar-refractivity contribution is 5.93. The van der Waals surface area contributed by atoms with Crippen LogP contribution in [0.3, 0.4) is 0 Å². The molecule has 0 spiro atoms. The molecule has 4 rings (SSSR count). The standard InChI is InChI=1S/C21H19F4N3/c1-13(21(23,24)25)27-10-3-2-7-18(27)20-17(12-26)16-9-8-14(22)11-19(16)28(20)15-5-4-6-15/h2-3,7-9,11,13,15H,4-6,10H2,1H3/t13-/m0/s1. The van der Waals surface area contributed by atoms with Gasteiger partial charge >= 0.3 is 6.18 Å². The molecule has 0 bridgehead atoms. The number of aromatic nitrogens is 1. The van der Waals surface area contributed by atoms with E-state index in [1.807, 2.05) is 4.57 Å². The molecule has 0 saturated heterocycles. The molecule has 2 heterocycles. The summed E-state index contributed by atoms with van der Waals surface area (Å²) in [5.41, 5.74) is 1.66. The van der Waals surface area contributed by atoms with E-state index in [2.05, 4.69) is 6.07 Å². The first-order chi connectivity index (χ1) is 13.3. The quantitative estimate of drug-likeness (QED) is 0.646. The van der Waals surface area contributed by atoms with Crippen LogP contribution in [0.15, 0.2) is 36.4 Å². The molecule has 7 heteroatoms. The van der Waals surface area contributed by atoms with Crippen LogP contribution in [0.2, 0.25) is 0 Å². The SMILES string of the molecule is C[C@H](N1CC=CC=C1c1c(C#N)c2ccc(F)cc2n1C1CCC1)C(F)(F)F. The normalized spacial score (nSPS) is 18.7. The summed E-state index contributed by atoms with van der Waals surface area (Å²) >= 11 is 0. The third-order valence-electron chi connectivity index (χ3n) is 5.70. The largest absolute Gasteiger partial charge is 0.408 e. The van der Waals surface area contributed by atoms with Crippen LogP contribution in [0.4, 0.5) is 17.6 Å². The number of benzene rings is 1. The first-order valence-electron chi connectivity index (χ1n) is 9.27. The predicted molar refractivity (Wildman–Crippen MR) is 98.8 cm³/mol.